The lowest BCUT2D eigenvalue weighted by Crippen LogP contribution is -2.24. The lowest BCUT2D eigenvalue weighted by atomic mass is 10.1. The SMILES string of the molecule is COc1ccc(CCNC(=O)c2ccc(-c3cccc(N)c3)s2)cc1. The van der Waals surface area contributed by atoms with E-state index in [0.29, 0.717) is 11.4 Å². The van der Waals surface area contributed by atoms with E-state index in [1.54, 1.807) is 7.11 Å². The molecule has 0 aliphatic heterocycles. The van der Waals surface area contributed by atoms with Crippen molar-refractivity contribution in [1.29, 1.82) is 0 Å². The molecule has 1 heterocycles. The van der Waals surface area contributed by atoms with Crippen LogP contribution in [0.4, 0.5) is 5.69 Å². The number of rotatable bonds is 6. The number of nitrogen functional groups attached to an aromatic ring is 1. The Hall–Kier alpha value is -2.79. The van der Waals surface area contributed by atoms with Gasteiger partial charge >= 0.3 is 0 Å². The Bertz CT molecular complexity index is 856. The molecule has 4 nitrogen and oxygen atoms in total. The third-order valence-electron chi connectivity index (χ3n) is 3.86. The minimum Gasteiger partial charge on any atom is -0.497 e. The first kappa shape index (κ1) is 17.0. The molecule has 128 valence electrons. The van der Waals surface area contributed by atoms with E-state index in [-0.39, 0.29) is 5.91 Å². The van der Waals surface area contributed by atoms with Gasteiger partial charge < -0.3 is 15.8 Å². The molecule has 1 amide bonds. The number of ether oxygens (including phenoxy) is 1. The predicted octanol–water partition coefficient (Wildman–Crippen LogP) is 3.98. The largest absolute Gasteiger partial charge is 0.497 e. The molecule has 3 N–H and O–H groups in total. The first-order valence-electron chi connectivity index (χ1n) is 8.02. The summed E-state index contributed by atoms with van der Waals surface area (Å²) in [6.45, 7) is 0.594. The number of amides is 1. The van der Waals surface area contributed by atoms with E-state index in [1.807, 2.05) is 60.7 Å². The number of hydrogen-bond acceptors (Lipinski definition) is 4. The van der Waals surface area contributed by atoms with Crippen LogP contribution in [0.2, 0.25) is 0 Å². The normalized spacial score (nSPS) is 10.4. The number of carbonyl (C=O) groups excluding carboxylic acids is 1. The first-order valence-corrected chi connectivity index (χ1v) is 8.84. The van der Waals surface area contributed by atoms with E-state index in [9.17, 15) is 4.79 Å². The molecular weight excluding hydrogens is 332 g/mol. The van der Waals surface area contributed by atoms with Gasteiger partial charge in [-0.1, -0.05) is 24.3 Å². The molecule has 0 radical (unpaired) electrons. The fourth-order valence-corrected chi connectivity index (χ4v) is 3.43. The van der Waals surface area contributed by atoms with Gasteiger partial charge in [0.15, 0.2) is 0 Å². The van der Waals surface area contributed by atoms with Gasteiger partial charge in [0, 0.05) is 17.1 Å². The van der Waals surface area contributed by atoms with Gasteiger partial charge in [0.2, 0.25) is 0 Å². The Balaban J connectivity index is 1.56. The summed E-state index contributed by atoms with van der Waals surface area (Å²) in [7, 11) is 1.65. The maximum absolute atomic E-state index is 12.3. The standard InChI is InChI=1S/C20H20N2O2S/c1-24-17-7-5-14(6-8-17)11-12-22-20(23)19-10-9-18(25-19)15-3-2-4-16(21)13-15/h2-10,13H,11-12,21H2,1H3,(H,22,23). The van der Waals surface area contributed by atoms with Crippen LogP contribution in [0.3, 0.4) is 0 Å². The van der Waals surface area contributed by atoms with Crippen molar-refractivity contribution in [1.82, 2.24) is 5.32 Å². The molecule has 0 unspecified atom stereocenters. The number of carbonyl (C=O) groups is 1. The maximum atomic E-state index is 12.3. The highest BCUT2D eigenvalue weighted by Crippen LogP contribution is 2.29. The third kappa shape index (κ3) is 4.39. The van der Waals surface area contributed by atoms with E-state index in [2.05, 4.69) is 5.32 Å². The molecule has 0 spiro atoms. The molecule has 0 saturated carbocycles. The van der Waals surface area contributed by atoms with Gasteiger partial charge in [0.05, 0.1) is 12.0 Å². The van der Waals surface area contributed by atoms with E-state index < -0.39 is 0 Å². The number of benzene rings is 2. The Labute approximate surface area is 151 Å². The third-order valence-corrected chi connectivity index (χ3v) is 4.99. The van der Waals surface area contributed by atoms with Crippen molar-refractivity contribution in [3.63, 3.8) is 0 Å². The van der Waals surface area contributed by atoms with Crippen molar-refractivity contribution in [2.45, 2.75) is 6.42 Å². The molecule has 2 aromatic carbocycles. The Morgan fingerprint density at radius 2 is 1.92 bits per heavy atom. The lowest BCUT2D eigenvalue weighted by molar-refractivity contribution is 0.0958. The topological polar surface area (TPSA) is 64.3 Å². The molecule has 3 aromatic rings. The molecule has 0 atom stereocenters. The summed E-state index contributed by atoms with van der Waals surface area (Å²) in [5.41, 5.74) is 8.73. The zero-order chi connectivity index (χ0) is 17.6. The number of thiophene rings is 1. The lowest BCUT2D eigenvalue weighted by Gasteiger charge is -2.05. The predicted molar refractivity (Wildman–Crippen MR) is 103 cm³/mol. The second kappa shape index (κ2) is 7.85. The summed E-state index contributed by atoms with van der Waals surface area (Å²) in [6, 6.07) is 19.3. The molecule has 0 fully saturated rings. The van der Waals surface area contributed by atoms with Crippen LogP contribution in [0, 0.1) is 0 Å². The molecule has 0 aliphatic carbocycles. The molecule has 3 rings (SSSR count). The van der Waals surface area contributed by atoms with Crippen molar-refractivity contribution in [3.05, 3.63) is 71.1 Å². The summed E-state index contributed by atoms with van der Waals surface area (Å²) < 4.78 is 5.14. The average Bonchev–Trinajstić information content (AvgIpc) is 3.12. The van der Waals surface area contributed by atoms with E-state index in [4.69, 9.17) is 10.5 Å². The van der Waals surface area contributed by atoms with Gasteiger partial charge in [-0.2, -0.15) is 0 Å². The van der Waals surface area contributed by atoms with Gasteiger partial charge in [-0.25, -0.2) is 0 Å². The van der Waals surface area contributed by atoms with Crippen LogP contribution < -0.4 is 15.8 Å². The van der Waals surface area contributed by atoms with Crippen LogP contribution >= 0.6 is 11.3 Å². The Kier molecular flexibility index (Phi) is 5.36. The number of hydrogen-bond donors (Lipinski definition) is 2. The smallest absolute Gasteiger partial charge is 0.261 e. The molecule has 5 heteroatoms. The number of methoxy groups -OCH3 is 1. The Morgan fingerprint density at radius 3 is 2.64 bits per heavy atom. The first-order chi connectivity index (χ1) is 12.2. The van der Waals surface area contributed by atoms with Crippen LogP contribution in [-0.4, -0.2) is 19.6 Å². The molecule has 0 saturated heterocycles. The summed E-state index contributed by atoms with van der Waals surface area (Å²) in [4.78, 5) is 14.0. The van der Waals surface area contributed by atoms with Crippen LogP contribution in [0.5, 0.6) is 5.75 Å². The van der Waals surface area contributed by atoms with Gasteiger partial charge in [0.1, 0.15) is 5.75 Å². The minimum absolute atomic E-state index is 0.0475. The Morgan fingerprint density at radius 1 is 1.12 bits per heavy atom. The highest BCUT2D eigenvalue weighted by atomic mass is 32.1. The van der Waals surface area contributed by atoms with Gasteiger partial charge in [-0.15, -0.1) is 11.3 Å². The highest BCUT2D eigenvalue weighted by molar-refractivity contribution is 7.17. The molecule has 1 aromatic heterocycles. The molecular formula is C20H20N2O2S. The van der Waals surface area contributed by atoms with Crippen LogP contribution in [-0.2, 0) is 6.42 Å². The summed E-state index contributed by atoms with van der Waals surface area (Å²) in [5, 5.41) is 2.97. The van der Waals surface area contributed by atoms with Crippen molar-refractivity contribution in [2.24, 2.45) is 0 Å². The molecule has 0 bridgehead atoms. The second-order valence-corrected chi connectivity index (χ2v) is 6.73. The summed E-state index contributed by atoms with van der Waals surface area (Å²) in [6.07, 6.45) is 0.781. The van der Waals surface area contributed by atoms with Gasteiger partial charge in [-0.05, 0) is 53.9 Å². The molecule has 0 aliphatic rings. The van der Waals surface area contributed by atoms with Crippen molar-refractivity contribution < 1.29 is 9.53 Å². The van der Waals surface area contributed by atoms with Crippen molar-refractivity contribution in [3.8, 4) is 16.2 Å². The van der Waals surface area contributed by atoms with E-state index in [1.165, 1.54) is 11.3 Å². The van der Waals surface area contributed by atoms with Crippen LogP contribution in [0.25, 0.3) is 10.4 Å². The van der Waals surface area contributed by atoms with Gasteiger partial charge in [-0.3, -0.25) is 4.79 Å². The summed E-state index contributed by atoms with van der Waals surface area (Å²) >= 11 is 1.47. The summed E-state index contributed by atoms with van der Waals surface area (Å²) in [5.74, 6) is 0.786. The fraction of sp³-hybridized carbons (Fsp3) is 0.150. The fourth-order valence-electron chi connectivity index (χ4n) is 2.51. The quantitative estimate of drug-likeness (QED) is 0.660. The second-order valence-electron chi connectivity index (χ2n) is 5.64. The van der Waals surface area contributed by atoms with E-state index >= 15 is 0 Å². The minimum atomic E-state index is -0.0475. The maximum Gasteiger partial charge on any atom is 0.261 e. The van der Waals surface area contributed by atoms with Crippen LogP contribution in [0.15, 0.2) is 60.7 Å². The van der Waals surface area contributed by atoms with Crippen molar-refractivity contribution in [2.75, 3.05) is 19.4 Å². The zero-order valence-corrected chi connectivity index (χ0v) is 14.8. The van der Waals surface area contributed by atoms with Crippen molar-refractivity contribution >= 4 is 22.9 Å². The van der Waals surface area contributed by atoms with Crippen LogP contribution in [0.1, 0.15) is 15.2 Å². The number of nitrogens with two attached hydrogens (primary N) is 1. The zero-order valence-electron chi connectivity index (χ0n) is 14.0. The molecule has 25 heavy (non-hydrogen) atoms. The van der Waals surface area contributed by atoms with Gasteiger partial charge in [0.25, 0.3) is 5.91 Å². The van der Waals surface area contributed by atoms with E-state index in [0.717, 1.165) is 33.9 Å². The average molecular weight is 352 g/mol. The monoisotopic (exact) mass is 352 g/mol. The number of anilines is 1. The number of nitrogens with one attached hydrogen (secondary N) is 1. The highest BCUT2D eigenvalue weighted by Gasteiger charge is 2.10.